The molecule has 1 aromatic carbocycles. The van der Waals surface area contributed by atoms with Gasteiger partial charge in [0.05, 0.1) is 11.6 Å². The van der Waals surface area contributed by atoms with Gasteiger partial charge in [-0.3, -0.25) is 4.79 Å². The third-order valence-electron chi connectivity index (χ3n) is 2.25. The fourth-order valence-corrected chi connectivity index (χ4v) is 1.37. The summed E-state index contributed by atoms with van der Waals surface area (Å²) in [4.78, 5) is 12.0. The molecule has 0 radical (unpaired) electrons. The molecule has 0 fully saturated rings. The van der Waals surface area contributed by atoms with Crippen LogP contribution in [-0.2, 0) is 0 Å². The molecule has 0 aliphatic heterocycles. The molecule has 0 unspecified atom stereocenters. The van der Waals surface area contributed by atoms with E-state index in [0.717, 1.165) is 0 Å². The first-order chi connectivity index (χ1) is 8.34. The zero-order valence-corrected chi connectivity index (χ0v) is 11.3. The molecule has 0 aliphatic rings. The van der Waals surface area contributed by atoms with Gasteiger partial charge in [0.25, 0.3) is 5.91 Å². The zero-order chi connectivity index (χ0) is 13.8. The average molecular weight is 245 g/mol. The van der Waals surface area contributed by atoms with Crippen molar-refractivity contribution in [3.63, 3.8) is 0 Å². The highest BCUT2D eigenvalue weighted by Crippen LogP contribution is 2.15. The average Bonchev–Trinajstić information content (AvgIpc) is 2.28. The molecule has 3 nitrogen and oxygen atoms in total. The quantitative estimate of drug-likeness (QED) is 0.828. The van der Waals surface area contributed by atoms with Gasteiger partial charge in [0.15, 0.2) is 0 Å². The molecule has 1 aromatic rings. The Bertz CT molecular complexity index is 470. The molecular formula is C15H19NO2. The lowest BCUT2D eigenvalue weighted by molar-refractivity contribution is 0.0929. The van der Waals surface area contributed by atoms with Gasteiger partial charge in [-0.15, -0.1) is 6.42 Å². The molecule has 0 aromatic heterocycles. The van der Waals surface area contributed by atoms with Crippen LogP contribution in [0, 0.1) is 12.3 Å². The summed E-state index contributed by atoms with van der Waals surface area (Å²) in [7, 11) is 0. The van der Waals surface area contributed by atoms with E-state index in [1.807, 2.05) is 19.9 Å². The summed E-state index contributed by atoms with van der Waals surface area (Å²) in [6.45, 7) is 7.43. The van der Waals surface area contributed by atoms with E-state index < -0.39 is 5.54 Å². The minimum atomic E-state index is -0.661. The first-order valence-electron chi connectivity index (χ1n) is 5.91. The van der Waals surface area contributed by atoms with Crippen LogP contribution in [0.15, 0.2) is 24.3 Å². The number of ether oxygens (including phenoxy) is 1. The lowest BCUT2D eigenvalue weighted by Crippen LogP contribution is -2.42. The predicted molar refractivity (Wildman–Crippen MR) is 72.6 cm³/mol. The largest absolute Gasteiger partial charge is 0.491 e. The van der Waals surface area contributed by atoms with E-state index in [9.17, 15) is 4.79 Å². The van der Waals surface area contributed by atoms with E-state index in [0.29, 0.717) is 11.3 Å². The Labute approximate surface area is 109 Å². The number of hydrogen-bond donors (Lipinski definition) is 1. The molecule has 1 N–H and O–H groups in total. The van der Waals surface area contributed by atoms with Gasteiger partial charge in [0.1, 0.15) is 5.75 Å². The Morgan fingerprint density at radius 1 is 1.44 bits per heavy atom. The maximum atomic E-state index is 12.0. The highest BCUT2D eigenvalue weighted by atomic mass is 16.5. The van der Waals surface area contributed by atoms with Crippen molar-refractivity contribution in [3.05, 3.63) is 29.8 Å². The number of hydrogen-bond acceptors (Lipinski definition) is 2. The smallest absolute Gasteiger partial charge is 0.252 e. The van der Waals surface area contributed by atoms with E-state index in [-0.39, 0.29) is 12.0 Å². The Balaban J connectivity index is 2.84. The van der Waals surface area contributed by atoms with Gasteiger partial charge in [-0.1, -0.05) is 12.0 Å². The third kappa shape index (κ3) is 4.14. The summed E-state index contributed by atoms with van der Waals surface area (Å²) < 4.78 is 5.54. The first kappa shape index (κ1) is 14.1. The molecular weight excluding hydrogens is 226 g/mol. The second-order valence-electron chi connectivity index (χ2n) is 4.92. The number of rotatable bonds is 4. The summed E-state index contributed by atoms with van der Waals surface area (Å²) in [6.07, 6.45) is 5.41. The van der Waals surface area contributed by atoms with Crippen molar-refractivity contribution in [2.45, 2.75) is 39.3 Å². The van der Waals surface area contributed by atoms with E-state index in [1.165, 1.54) is 0 Å². The fourth-order valence-electron chi connectivity index (χ4n) is 1.37. The summed E-state index contributed by atoms with van der Waals surface area (Å²) in [5.74, 6) is 3.00. The Morgan fingerprint density at radius 2 is 2.11 bits per heavy atom. The maximum Gasteiger partial charge on any atom is 0.252 e. The van der Waals surface area contributed by atoms with Crippen molar-refractivity contribution in [2.24, 2.45) is 0 Å². The van der Waals surface area contributed by atoms with Crippen LogP contribution < -0.4 is 10.1 Å². The zero-order valence-electron chi connectivity index (χ0n) is 11.3. The minimum absolute atomic E-state index is 0.0745. The lowest BCUT2D eigenvalue weighted by Gasteiger charge is -2.19. The van der Waals surface area contributed by atoms with Crippen LogP contribution in [0.25, 0.3) is 0 Å². The number of benzene rings is 1. The normalized spacial score (nSPS) is 10.9. The van der Waals surface area contributed by atoms with E-state index >= 15 is 0 Å². The molecule has 0 spiro atoms. The van der Waals surface area contributed by atoms with Gasteiger partial charge < -0.3 is 10.1 Å². The van der Waals surface area contributed by atoms with Crippen LogP contribution in [0.5, 0.6) is 5.75 Å². The molecule has 3 heteroatoms. The lowest BCUT2D eigenvalue weighted by atomic mass is 10.1. The van der Waals surface area contributed by atoms with E-state index in [4.69, 9.17) is 11.2 Å². The topological polar surface area (TPSA) is 38.3 Å². The van der Waals surface area contributed by atoms with Crippen LogP contribution >= 0.6 is 0 Å². The van der Waals surface area contributed by atoms with Crippen molar-refractivity contribution in [1.29, 1.82) is 0 Å². The second-order valence-corrected chi connectivity index (χ2v) is 4.92. The molecule has 96 valence electrons. The van der Waals surface area contributed by atoms with Crippen LogP contribution in [-0.4, -0.2) is 17.6 Å². The van der Waals surface area contributed by atoms with Crippen LogP contribution in [0.2, 0.25) is 0 Å². The Hall–Kier alpha value is -1.95. The van der Waals surface area contributed by atoms with Gasteiger partial charge in [-0.05, 0) is 45.9 Å². The molecule has 1 rings (SSSR count). The fraction of sp³-hybridized carbons (Fsp3) is 0.400. The Morgan fingerprint density at radius 3 is 2.67 bits per heavy atom. The van der Waals surface area contributed by atoms with Gasteiger partial charge in [0, 0.05) is 5.56 Å². The standard InChI is InChI=1S/C15H19NO2/c1-6-15(4,5)16-14(17)12-8-7-9-13(10-12)18-11(2)3/h1,7-11H,2-5H3,(H,16,17). The second kappa shape index (κ2) is 5.59. The monoisotopic (exact) mass is 245 g/mol. The third-order valence-corrected chi connectivity index (χ3v) is 2.25. The molecule has 0 saturated heterocycles. The molecule has 1 amide bonds. The molecule has 0 atom stereocenters. The van der Waals surface area contributed by atoms with Crippen molar-refractivity contribution >= 4 is 5.91 Å². The van der Waals surface area contributed by atoms with Gasteiger partial charge in [-0.2, -0.15) is 0 Å². The highest BCUT2D eigenvalue weighted by molar-refractivity contribution is 5.95. The summed E-state index contributed by atoms with van der Waals surface area (Å²) in [6, 6.07) is 7.05. The minimum Gasteiger partial charge on any atom is -0.491 e. The Kier molecular flexibility index (Phi) is 4.38. The number of carbonyl (C=O) groups is 1. The molecule has 0 bridgehead atoms. The van der Waals surface area contributed by atoms with Crippen molar-refractivity contribution in [3.8, 4) is 18.1 Å². The van der Waals surface area contributed by atoms with Crippen molar-refractivity contribution in [1.82, 2.24) is 5.32 Å². The van der Waals surface area contributed by atoms with Gasteiger partial charge in [-0.25, -0.2) is 0 Å². The maximum absolute atomic E-state index is 12.0. The number of amides is 1. The molecule has 0 aliphatic carbocycles. The summed E-state index contributed by atoms with van der Waals surface area (Å²) >= 11 is 0. The van der Waals surface area contributed by atoms with E-state index in [1.54, 1.807) is 32.0 Å². The highest BCUT2D eigenvalue weighted by Gasteiger charge is 2.18. The van der Waals surface area contributed by atoms with Gasteiger partial charge >= 0.3 is 0 Å². The summed E-state index contributed by atoms with van der Waals surface area (Å²) in [5.41, 5.74) is -0.122. The first-order valence-corrected chi connectivity index (χ1v) is 5.91. The van der Waals surface area contributed by atoms with E-state index in [2.05, 4.69) is 11.2 Å². The predicted octanol–water partition coefficient (Wildman–Crippen LogP) is 2.62. The molecule has 0 saturated carbocycles. The molecule has 0 heterocycles. The SMILES string of the molecule is C#CC(C)(C)NC(=O)c1cccc(OC(C)C)c1. The number of carbonyl (C=O) groups excluding carboxylic acids is 1. The van der Waals surface area contributed by atoms with Crippen molar-refractivity contribution in [2.75, 3.05) is 0 Å². The van der Waals surface area contributed by atoms with Crippen LogP contribution in [0.4, 0.5) is 0 Å². The van der Waals surface area contributed by atoms with Crippen molar-refractivity contribution < 1.29 is 9.53 Å². The number of terminal acetylenes is 1. The van der Waals surface area contributed by atoms with Crippen LogP contribution in [0.3, 0.4) is 0 Å². The van der Waals surface area contributed by atoms with Crippen LogP contribution in [0.1, 0.15) is 38.1 Å². The van der Waals surface area contributed by atoms with Gasteiger partial charge in [0.2, 0.25) is 0 Å². The summed E-state index contributed by atoms with van der Waals surface area (Å²) in [5, 5.41) is 2.77. The number of nitrogens with one attached hydrogen (secondary N) is 1. The molecule has 18 heavy (non-hydrogen) atoms.